The van der Waals surface area contributed by atoms with E-state index >= 15 is 0 Å². The van der Waals surface area contributed by atoms with Gasteiger partial charge in [0.1, 0.15) is 0 Å². The maximum absolute atomic E-state index is 12.3. The third kappa shape index (κ3) is 5.81. The van der Waals surface area contributed by atoms with Gasteiger partial charge in [0.2, 0.25) is 0 Å². The highest BCUT2D eigenvalue weighted by atomic mass is 16.1. The Hall–Kier alpha value is -1.64. The van der Waals surface area contributed by atoms with Crippen molar-refractivity contribution in [3.05, 3.63) is 40.9 Å². The Kier molecular flexibility index (Phi) is 7.85. The number of aromatic nitrogens is 2. The molecule has 0 spiro atoms. The van der Waals surface area contributed by atoms with Gasteiger partial charge in [-0.15, -0.1) is 0 Å². The molecule has 0 aliphatic heterocycles. The van der Waals surface area contributed by atoms with Crippen LogP contribution in [0.5, 0.6) is 0 Å². The van der Waals surface area contributed by atoms with E-state index in [1.807, 2.05) is 24.3 Å². The minimum atomic E-state index is 0.0894. The van der Waals surface area contributed by atoms with Gasteiger partial charge in [-0.3, -0.25) is 9.36 Å². The zero-order valence-corrected chi connectivity index (χ0v) is 14.5. The summed E-state index contributed by atoms with van der Waals surface area (Å²) in [7, 11) is 0. The Morgan fingerprint density at radius 1 is 0.870 bits per heavy atom. The van der Waals surface area contributed by atoms with Crippen LogP contribution in [0.15, 0.2) is 35.4 Å². The highest BCUT2D eigenvalue weighted by Crippen LogP contribution is 2.11. The number of fused-ring (bicyclic) bond motifs is 1. The van der Waals surface area contributed by atoms with Gasteiger partial charge in [-0.05, 0) is 18.6 Å². The molecule has 0 N–H and O–H groups in total. The van der Waals surface area contributed by atoms with E-state index in [9.17, 15) is 4.79 Å². The number of nitrogens with zero attached hydrogens (tertiary/aromatic N) is 2. The predicted molar refractivity (Wildman–Crippen MR) is 97.8 cm³/mol. The fourth-order valence-electron chi connectivity index (χ4n) is 3.03. The molecule has 1 aromatic heterocycles. The molecule has 23 heavy (non-hydrogen) atoms. The van der Waals surface area contributed by atoms with E-state index in [0.29, 0.717) is 0 Å². The number of para-hydroxylation sites is 1. The molecule has 0 radical (unpaired) electrons. The Balaban J connectivity index is 1.63. The Morgan fingerprint density at radius 2 is 1.48 bits per heavy atom. The van der Waals surface area contributed by atoms with Crippen LogP contribution in [0.25, 0.3) is 10.9 Å². The standard InChI is InChI=1S/C20H30N2O/c1-2-3-4-5-6-7-8-9-10-13-16-22-17-21-19-15-12-11-14-18(19)20(22)23/h11-12,14-15,17H,2-10,13,16H2,1H3. The molecule has 2 rings (SSSR count). The summed E-state index contributed by atoms with van der Waals surface area (Å²) >= 11 is 0. The average molecular weight is 314 g/mol. The van der Waals surface area contributed by atoms with Gasteiger partial charge in [-0.2, -0.15) is 0 Å². The van der Waals surface area contributed by atoms with Crippen LogP contribution in [-0.4, -0.2) is 9.55 Å². The summed E-state index contributed by atoms with van der Waals surface area (Å²) in [6.07, 6.45) is 14.8. The van der Waals surface area contributed by atoms with Gasteiger partial charge in [0, 0.05) is 6.54 Å². The van der Waals surface area contributed by atoms with E-state index in [0.717, 1.165) is 23.9 Å². The molecule has 0 saturated carbocycles. The number of aryl methyl sites for hydroxylation is 1. The minimum absolute atomic E-state index is 0.0894. The van der Waals surface area contributed by atoms with Crippen molar-refractivity contribution in [2.75, 3.05) is 0 Å². The van der Waals surface area contributed by atoms with Crippen molar-refractivity contribution in [2.24, 2.45) is 0 Å². The fraction of sp³-hybridized carbons (Fsp3) is 0.600. The Bertz CT molecular complexity index is 633. The van der Waals surface area contributed by atoms with Crippen LogP contribution in [0.2, 0.25) is 0 Å². The van der Waals surface area contributed by atoms with Gasteiger partial charge in [0.15, 0.2) is 0 Å². The maximum atomic E-state index is 12.3. The third-order valence-electron chi connectivity index (χ3n) is 4.48. The smallest absolute Gasteiger partial charge is 0.261 e. The molecule has 0 atom stereocenters. The Morgan fingerprint density at radius 3 is 2.17 bits per heavy atom. The molecule has 0 aliphatic rings. The summed E-state index contributed by atoms with van der Waals surface area (Å²) < 4.78 is 1.76. The van der Waals surface area contributed by atoms with Gasteiger partial charge < -0.3 is 0 Å². The number of hydrogen-bond acceptors (Lipinski definition) is 2. The van der Waals surface area contributed by atoms with Crippen molar-refractivity contribution in [1.82, 2.24) is 9.55 Å². The largest absolute Gasteiger partial charge is 0.299 e. The van der Waals surface area contributed by atoms with Crippen LogP contribution in [-0.2, 0) is 6.54 Å². The molecule has 1 heterocycles. The lowest BCUT2D eigenvalue weighted by atomic mass is 10.1. The first-order valence-corrected chi connectivity index (χ1v) is 9.27. The lowest BCUT2D eigenvalue weighted by molar-refractivity contribution is 0.529. The van der Waals surface area contributed by atoms with Crippen molar-refractivity contribution in [1.29, 1.82) is 0 Å². The lowest BCUT2D eigenvalue weighted by Crippen LogP contribution is -2.20. The molecule has 0 unspecified atom stereocenters. The molecule has 3 nitrogen and oxygen atoms in total. The maximum Gasteiger partial charge on any atom is 0.261 e. The van der Waals surface area contributed by atoms with E-state index < -0.39 is 0 Å². The molecule has 0 bridgehead atoms. The van der Waals surface area contributed by atoms with Crippen molar-refractivity contribution >= 4 is 10.9 Å². The number of rotatable bonds is 11. The van der Waals surface area contributed by atoms with Crippen molar-refractivity contribution in [2.45, 2.75) is 77.7 Å². The number of unbranched alkanes of at least 4 members (excludes halogenated alkanes) is 9. The first-order valence-electron chi connectivity index (χ1n) is 9.27. The molecule has 0 amide bonds. The zero-order chi connectivity index (χ0) is 16.3. The van der Waals surface area contributed by atoms with Gasteiger partial charge in [-0.25, -0.2) is 4.98 Å². The quantitative estimate of drug-likeness (QED) is 0.526. The van der Waals surface area contributed by atoms with Crippen LogP contribution in [0.1, 0.15) is 71.1 Å². The second-order valence-electron chi connectivity index (χ2n) is 6.44. The summed E-state index contributed by atoms with van der Waals surface area (Å²) in [6.45, 7) is 3.05. The SMILES string of the molecule is CCCCCCCCCCCCn1cnc2ccccc2c1=O. The second kappa shape index (κ2) is 10.2. The fourth-order valence-corrected chi connectivity index (χ4v) is 3.03. The van der Waals surface area contributed by atoms with Gasteiger partial charge in [0.05, 0.1) is 17.2 Å². The highest BCUT2D eigenvalue weighted by molar-refractivity contribution is 5.76. The van der Waals surface area contributed by atoms with E-state index in [4.69, 9.17) is 0 Å². The first kappa shape index (κ1) is 17.7. The van der Waals surface area contributed by atoms with Crippen LogP contribution in [0.3, 0.4) is 0 Å². The van der Waals surface area contributed by atoms with E-state index in [-0.39, 0.29) is 5.56 Å². The number of benzene rings is 1. The van der Waals surface area contributed by atoms with Crippen LogP contribution in [0, 0.1) is 0 Å². The third-order valence-corrected chi connectivity index (χ3v) is 4.48. The van der Waals surface area contributed by atoms with Gasteiger partial charge in [0.25, 0.3) is 5.56 Å². The molecule has 126 valence electrons. The topological polar surface area (TPSA) is 34.9 Å². The molecule has 0 aliphatic carbocycles. The average Bonchev–Trinajstić information content (AvgIpc) is 2.58. The normalized spacial score (nSPS) is 11.2. The molecule has 0 fully saturated rings. The van der Waals surface area contributed by atoms with Crippen molar-refractivity contribution in [3.63, 3.8) is 0 Å². The molecule has 2 aromatic rings. The molecule has 0 saturated heterocycles. The van der Waals surface area contributed by atoms with Gasteiger partial charge in [-0.1, -0.05) is 76.8 Å². The van der Waals surface area contributed by atoms with Crippen LogP contribution in [0.4, 0.5) is 0 Å². The molecule has 1 aromatic carbocycles. The lowest BCUT2D eigenvalue weighted by Gasteiger charge is -2.06. The summed E-state index contributed by atoms with van der Waals surface area (Å²) in [4.78, 5) is 16.7. The summed E-state index contributed by atoms with van der Waals surface area (Å²) in [6, 6.07) is 7.57. The van der Waals surface area contributed by atoms with Crippen molar-refractivity contribution < 1.29 is 0 Å². The minimum Gasteiger partial charge on any atom is -0.299 e. The highest BCUT2D eigenvalue weighted by Gasteiger charge is 2.02. The summed E-state index contributed by atoms with van der Waals surface area (Å²) in [5, 5.41) is 0.724. The van der Waals surface area contributed by atoms with E-state index in [1.165, 1.54) is 57.8 Å². The summed E-state index contributed by atoms with van der Waals surface area (Å²) in [5.41, 5.74) is 0.878. The number of hydrogen-bond donors (Lipinski definition) is 0. The predicted octanol–water partition coefficient (Wildman–Crippen LogP) is 5.32. The molecular weight excluding hydrogens is 284 g/mol. The Labute approximate surface area is 139 Å². The zero-order valence-electron chi connectivity index (χ0n) is 14.5. The van der Waals surface area contributed by atoms with E-state index in [1.54, 1.807) is 10.9 Å². The summed E-state index contributed by atoms with van der Waals surface area (Å²) in [5.74, 6) is 0. The molecule has 3 heteroatoms. The van der Waals surface area contributed by atoms with Crippen LogP contribution < -0.4 is 5.56 Å². The monoisotopic (exact) mass is 314 g/mol. The molecular formula is C20H30N2O. The second-order valence-corrected chi connectivity index (χ2v) is 6.44. The van der Waals surface area contributed by atoms with Crippen LogP contribution >= 0.6 is 0 Å². The first-order chi connectivity index (χ1) is 11.3. The van der Waals surface area contributed by atoms with E-state index in [2.05, 4.69) is 11.9 Å². The van der Waals surface area contributed by atoms with Gasteiger partial charge >= 0.3 is 0 Å². The van der Waals surface area contributed by atoms with Crippen molar-refractivity contribution in [3.8, 4) is 0 Å².